The summed E-state index contributed by atoms with van der Waals surface area (Å²) < 4.78 is 0. The van der Waals surface area contributed by atoms with E-state index in [1.165, 1.54) is 0 Å². The van der Waals surface area contributed by atoms with Gasteiger partial charge in [0, 0.05) is 29.3 Å². The average molecular weight is 241 g/mol. The van der Waals surface area contributed by atoms with E-state index in [0.717, 1.165) is 22.7 Å². The molecule has 0 fully saturated rings. The van der Waals surface area contributed by atoms with E-state index in [1.807, 2.05) is 39.0 Å². The molecule has 2 rings (SSSR count). The van der Waals surface area contributed by atoms with Gasteiger partial charge in [0.05, 0.1) is 5.71 Å². The molecule has 0 radical (unpaired) electrons. The van der Waals surface area contributed by atoms with Crippen molar-refractivity contribution in [2.75, 3.05) is 5.43 Å². The zero-order valence-electron chi connectivity index (χ0n) is 10.7. The number of aromatic nitrogens is 3. The first-order valence-electron chi connectivity index (χ1n) is 5.68. The van der Waals surface area contributed by atoms with E-state index in [0.29, 0.717) is 5.95 Å². The van der Waals surface area contributed by atoms with Crippen LogP contribution in [0.1, 0.15) is 23.9 Å². The van der Waals surface area contributed by atoms with Gasteiger partial charge in [-0.15, -0.1) is 0 Å². The second-order valence-electron chi connectivity index (χ2n) is 4.02. The van der Waals surface area contributed by atoms with Gasteiger partial charge < -0.3 is 0 Å². The lowest BCUT2D eigenvalue weighted by molar-refractivity contribution is 1.03. The molecule has 2 aromatic rings. The van der Waals surface area contributed by atoms with Crippen molar-refractivity contribution in [2.24, 2.45) is 5.10 Å². The van der Waals surface area contributed by atoms with Gasteiger partial charge in [-0.25, -0.2) is 15.4 Å². The molecule has 0 saturated heterocycles. The molecule has 2 heterocycles. The van der Waals surface area contributed by atoms with Crippen molar-refractivity contribution in [3.63, 3.8) is 0 Å². The molecule has 2 aromatic heterocycles. The van der Waals surface area contributed by atoms with E-state index >= 15 is 0 Å². The summed E-state index contributed by atoms with van der Waals surface area (Å²) >= 11 is 0. The lowest BCUT2D eigenvalue weighted by Gasteiger charge is -2.03. The molecule has 0 amide bonds. The van der Waals surface area contributed by atoms with Gasteiger partial charge >= 0.3 is 0 Å². The fraction of sp³-hybridized carbons (Fsp3) is 0.231. The Morgan fingerprint density at radius 1 is 1.11 bits per heavy atom. The van der Waals surface area contributed by atoms with Crippen LogP contribution in [-0.2, 0) is 0 Å². The number of rotatable bonds is 3. The van der Waals surface area contributed by atoms with Crippen LogP contribution in [0.5, 0.6) is 0 Å². The predicted octanol–water partition coefficient (Wildman–Crippen LogP) is 2.32. The smallest absolute Gasteiger partial charge is 0.243 e. The summed E-state index contributed by atoms with van der Waals surface area (Å²) in [5, 5.41) is 4.26. The molecule has 0 bridgehead atoms. The molecule has 0 spiro atoms. The minimum Gasteiger partial charge on any atom is -0.265 e. The highest BCUT2D eigenvalue weighted by molar-refractivity contribution is 5.98. The second-order valence-corrected chi connectivity index (χ2v) is 4.02. The molecule has 1 N–H and O–H groups in total. The summed E-state index contributed by atoms with van der Waals surface area (Å²) in [6.07, 6.45) is 3.48. The number of hydrogen-bond acceptors (Lipinski definition) is 5. The number of pyridine rings is 1. The van der Waals surface area contributed by atoms with Gasteiger partial charge in [-0.2, -0.15) is 5.10 Å². The molecule has 0 aliphatic heterocycles. The molecule has 5 nitrogen and oxygen atoms in total. The van der Waals surface area contributed by atoms with E-state index < -0.39 is 0 Å². The third-order valence-corrected chi connectivity index (χ3v) is 2.40. The Balaban J connectivity index is 2.15. The van der Waals surface area contributed by atoms with Crippen LogP contribution in [0.2, 0.25) is 0 Å². The minimum atomic E-state index is 0.515. The molecule has 0 aliphatic rings. The number of nitrogens with zero attached hydrogens (tertiary/aromatic N) is 4. The molecule has 18 heavy (non-hydrogen) atoms. The largest absolute Gasteiger partial charge is 0.265 e. The minimum absolute atomic E-state index is 0.515. The predicted molar refractivity (Wildman–Crippen MR) is 71.6 cm³/mol. The average Bonchev–Trinajstić information content (AvgIpc) is 2.36. The highest BCUT2D eigenvalue weighted by Crippen LogP contribution is 2.05. The molecule has 0 aromatic carbocycles. The maximum absolute atomic E-state index is 4.26. The lowest BCUT2D eigenvalue weighted by atomic mass is 10.2. The molecular formula is C13H15N5. The molecule has 0 saturated carbocycles. The third kappa shape index (κ3) is 3.10. The molecule has 0 atom stereocenters. The van der Waals surface area contributed by atoms with Crippen LogP contribution in [0, 0.1) is 13.8 Å². The van der Waals surface area contributed by atoms with E-state index in [-0.39, 0.29) is 0 Å². The summed E-state index contributed by atoms with van der Waals surface area (Å²) in [4.78, 5) is 12.5. The van der Waals surface area contributed by atoms with Gasteiger partial charge in [-0.05, 0) is 39.0 Å². The second kappa shape index (κ2) is 5.35. The molecule has 5 heteroatoms. The summed E-state index contributed by atoms with van der Waals surface area (Å²) in [6.45, 7) is 5.78. The maximum atomic E-state index is 4.26. The zero-order chi connectivity index (χ0) is 13.0. The van der Waals surface area contributed by atoms with Crippen LogP contribution < -0.4 is 5.43 Å². The van der Waals surface area contributed by atoms with Crippen LogP contribution in [0.4, 0.5) is 5.95 Å². The van der Waals surface area contributed by atoms with Crippen molar-refractivity contribution < 1.29 is 0 Å². The summed E-state index contributed by atoms with van der Waals surface area (Å²) in [7, 11) is 0. The zero-order valence-corrected chi connectivity index (χ0v) is 10.7. The van der Waals surface area contributed by atoms with Gasteiger partial charge in [0.2, 0.25) is 5.95 Å². The number of hydrazone groups is 1. The SMILES string of the molecule is C/C(=N\Nc1nc(C)cc(C)n1)c1ccncc1. The fourth-order valence-corrected chi connectivity index (χ4v) is 1.57. The molecule has 0 unspecified atom stereocenters. The van der Waals surface area contributed by atoms with Crippen LogP contribution in [0.3, 0.4) is 0 Å². The van der Waals surface area contributed by atoms with Crippen molar-refractivity contribution in [1.82, 2.24) is 15.0 Å². The number of anilines is 1. The first-order valence-corrected chi connectivity index (χ1v) is 5.68. The first kappa shape index (κ1) is 12.2. The topological polar surface area (TPSA) is 63.1 Å². The van der Waals surface area contributed by atoms with Gasteiger partial charge in [-0.3, -0.25) is 4.98 Å². The van der Waals surface area contributed by atoms with Crippen LogP contribution >= 0.6 is 0 Å². The molecule has 0 aliphatic carbocycles. The monoisotopic (exact) mass is 241 g/mol. The first-order chi connectivity index (χ1) is 8.65. The maximum Gasteiger partial charge on any atom is 0.243 e. The van der Waals surface area contributed by atoms with Gasteiger partial charge in [0.15, 0.2) is 0 Å². The highest BCUT2D eigenvalue weighted by atomic mass is 15.4. The van der Waals surface area contributed by atoms with Crippen LogP contribution in [0.15, 0.2) is 35.7 Å². The van der Waals surface area contributed by atoms with E-state index in [9.17, 15) is 0 Å². The molecular weight excluding hydrogens is 226 g/mol. The number of nitrogens with one attached hydrogen (secondary N) is 1. The number of hydrogen-bond donors (Lipinski definition) is 1. The van der Waals surface area contributed by atoms with Crippen LogP contribution in [-0.4, -0.2) is 20.7 Å². The molecule has 92 valence electrons. The van der Waals surface area contributed by atoms with Crippen molar-refractivity contribution in [3.8, 4) is 0 Å². The summed E-state index contributed by atoms with van der Waals surface area (Å²) in [5.74, 6) is 0.515. The summed E-state index contributed by atoms with van der Waals surface area (Å²) in [6, 6.07) is 5.73. The third-order valence-electron chi connectivity index (χ3n) is 2.40. The Bertz CT molecular complexity index is 543. The normalized spacial score (nSPS) is 11.4. The highest BCUT2D eigenvalue weighted by Gasteiger charge is 1.99. The Morgan fingerprint density at radius 2 is 1.72 bits per heavy atom. The number of aryl methyl sites for hydroxylation is 2. The Hall–Kier alpha value is -2.30. The Kier molecular flexibility index (Phi) is 3.62. The van der Waals surface area contributed by atoms with Crippen molar-refractivity contribution in [1.29, 1.82) is 0 Å². The van der Waals surface area contributed by atoms with E-state index in [4.69, 9.17) is 0 Å². The lowest BCUT2D eigenvalue weighted by Crippen LogP contribution is -2.03. The van der Waals surface area contributed by atoms with Crippen LogP contribution in [0.25, 0.3) is 0 Å². The quantitative estimate of drug-likeness (QED) is 0.661. The Morgan fingerprint density at radius 3 is 2.33 bits per heavy atom. The van der Waals surface area contributed by atoms with E-state index in [1.54, 1.807) is 12.4 Å². The van der Waals surface area contributed by atoms with Gasteiger partial charge in [0.25, 0.3) is 0 Å². The standard InChI is InChI=1S/C13H15N5/c1-9-8-10(2)16-13(15-9)18-17-11(3)12-4-6-14-7-5-12/h4-8H,1-3H3,(H,15,16,18)/b17-11+. The van der Waals surface area contributed by atoms with Gasteiger partial charge in [-0.1, -0.05) is 0 Å². The van der Waals surface area contributed by atoms with E-state index in [2.05, 4.69) is 25.5 Å². The van der Waals surface area contributed by atoms with Gasteiger partial charge in [0.1, 0.15) is 0 Å². The van der Waals surface area contributed by atoms with Crippen molar-refractivity contribution in [2.45, 2.75) is 20.8 Å². The summed E-state index contributed by atoms with van der Waals surface area (Å²) in [5.41, 5.74) is 6.58. The van der Waals surface area contributed by atoms with Crippen molar-refractivity contribution >= 4 is 11.7 Å². The fourth-order valence-electron chi connectivity index (χ4n) is 1.57. The Labute approximate surface area is 106 Å². The van der Waals surface area contributed by atoms with Crippen molar-refractivity contribution in [3.05, 3.63) is 47.5 Å².